The predicted molar refractivity (Wildman–Crippen MR) is 69.8 cm³/mol. The van der Waals surface area contributed by atoms with Crippen molar-refractivity contribution < 1.29 is 13.2 Å². The molecule has 1 aromatic carbocycles. The molecule has 0 radical (unpaired) electrons. The van der Waals surface area contributed by atoms with Crippen LogP contribution in [0.3, 0.4) is 0 Å². The predicted octanol–water partition coefficient (Wildman–Crippen LogP) is 0.618. The Hall–Kier alpha value is -1.82. The SMILES string of the molecule is Cc1ccc(C(=O)NC2C=CS(=O)(=O)C2)cc1N. The third-order valence-electron chi connectivity index (χ3n) is 2.79. The number of nitrogens with one attached hydrogen (secondary N) is 1. The number of nitrogens with two attached hydrogens (primary N) is 1. The molecule has 0 bridgehead atoms. The van der Waals surface area contributed by atoms with Crippen molar-refractivity contribution in [2.24, 2.45) is 0 Å². The highest BCUT2D eigenvalue weighted by Gasteiger charge is 2.23. The zero-order valence-corrected chi connectivity index (χ0v) is 10.7. The van der Waals surface area contributed by atoms with E-state index in [1.807, 2.05) is 6.92 Å². The number of rotatable bonds is 2. The lowest BCUT2D eigenvalue weighted by atomic mass is 10.1. The Kier molecular flexibility index (Phi) is 3.13. The molecule has 5 nitrogen and oxygen atoms in total. The zero-order valence-electron chi connectivity index (χ0n) is 9.88. The molecule has 0 saturated heterocycles. The van der Waals surface area contributed by atoms with Gasteiger partial charge in [0.25, 0.3) is 5.91 Å². The third-order valence-corrected chi connectivity index (χ3v) is 4.18. The molecule has 0 aromatic heterocycles. The summed E-state index contributed by atoms with van der Waals surface area (Å²) in [7, 11) is -3.16. The van der Waals surface area contributed by atoms with E-state index >= 15 is 0 Å². The Morgan fingerprint density at radius 2 is 2.17 bits per heavy atom. The molecule has 3 N–H and O–H groups in total. The van der Waals surface area contributed by atoms with E-state index in [9.17, 15) is 13.2 Å². The van der Waals surface area contributed by atoms with Crippen LogP contribution >= 0.6 is 0 Å². The Balaban J connectivity index is 2.09. The molecule has 0 saturated carbocycles. The summed E-state index contributed by atoms with van der Waals surface area (Å²) in [6.07, 6.45) is 1.48. The molecule has 1 aliphatic heterocycles. The molecule has 2 rings (SSSR count). The summed E-state index contributed by atoms with van der Waals surface area (Å²) in [6, 6.07) is 4.53. The van der Waals surface area contributed by atoms with Gasteiger partial charge in [0, 0.05) is 16.7 Å². The minimum absolute atomic E-state index is 0.0833. The van der Waals surface area contributed by atoms with E-state index in [0.717, 1.165) is 11.0 Å². The highest BCUT2D eigenvalue weighted by atomic mass is 32.2. The summed E-state index contributed by atoms with van der Waals surface area (Å²) in [4.78, 5) is 11.9. The second-order valence-electron chi connectivity index (χ2n) is 4.31. The van der Waals surface area contributed by atoms with Crippen molar-refractivity contribution in [3.05, 3.63) is 40.8 Å². The van der Waals surface area contributed by atoms with E-state index in [1.165, 1.54) is 6.08 Å². The van der Waals surface area contributed by atoms with Crippen LogP contribution in [0.5, 0.6) is 0 Å². The van der Waals surface area contributed by atoms with E-state index in [-0.39, 0.29) is 11.7 Å². The number of sulfone groups is 1. The van der Waals surface area contributed by atoms with Crippen molar-refractivity contribution >= 4 is 21.4 Å². The number of benzene rings is 1. The van der Waals surface area contributed by atoms with Crippen LogP contribution in [0.1, 0.15) is 15.9 Å². The average Bonchev–Trinajstić information content (AvgIpc) is 2.62. The molecule has 1 atom stereocenters. The lowest BCUT2D eigenvalue weighted by molar-refractivity contribution is 0.0947. The van der Waals surface area contributed by atoms with Crippen molar-refractivity contribution in [2.75, 3.05) is 11.5 Å². The summed E-state index contributed by atoms with van der Waals surface area (Å²) in [5.41, 5.74) is 7.58. The van der Waals surface area contributed by atoms with Gasteiger partial charge in [-0.2, -0.15) is 0 Å². The maximum Gasteiger partial charge on any atom is 0.251 e. The van der Waals surface area contributed by atoms with Crippen LogP contribution in [0.15, 0.2) is 29.7 Å². The summed E-state index contributed by atoms with van der Waals surface area (Å²) in [5.74, 6) is -0.409. The van der Waals surface area contributed by atoms with Gasteiger partial charge in [-0.05, 0) is 30.7 Å². The molecule has 1 aliphatic rings. The van der Waals surface area contributed by atoms with E-state index < -0.39 is 15.9 Å². The van der Waals surface area contributed by atoms with Gasteiger partial charge in [0.2, 0.25) is 0 Å². The quantitative estimate of drug-likeness (QED) is 0.768. The Labute approximate surface area is 106 Å². The molecular weight excluding hydrogens is 252 g/mol. The van der Waals surface area contributed by atoms with E-state index in [0.29, 0.717) is 11.3 Å². The molecular formula is C12H14N2O3S. The van der Waals surface area contributed by atoms with Crippen LogP contribution < -0.4 is 11.1 Å². The van der Waals surface area contributed by atoms with Gasteiger partial charge in [-0.1, -0.05) is 6.07 Å². The van der Waals surface area contributed by atoms with Crippen molar-refractivity contribution in [1.82, 2.24) is 5.32 Å². The minimum atomic E-state index is -3.16. The maximum atomic E-state index is 11.9. The fraction of sp³-hybridized carbons (Fsp3) is 0.250. The Morgan fingerprint density at radius 3 is 2.72 bits per heavy atom. The average molecular weight is 266 g/mol. The lowest BCUT2D eigenvalue weighted by Gasteiger charge is -2.10. The van der Waals surface area contributed by atoms with Gasteiger partial charge in [0.1, 0.15) is 0 Å². The number of aryl methyl sites for hydroxylation is 1. The van der Waals surface area contributed by atoms with Crippen molar-refractivity contribution in [3.8, 4) is 0 Å². The first-order valence-corrected chi connectivity index (χ1v) is 7.17. The fourth-order valence-corrected chi connectivity index (χ4v) is 2.93. The third kappa shape index (κ3) is 2.70. The van der Waals surface area contributed by atoms with Crippen LogP contribution in [-0.4, -0.2) is 26.1 Å². The fourth-order valence-electron chi connectivity index (χ4n) is 1.70. The van der Waals surface area contributed by atoms with Gasteiger partial charge < -0.3 is 11.1 Å². The number of hydrogen-bond acceptors (Lipinski definition) is 4. The standard InChI is InChI=1S/C12H14N2O3S/c1-8-2-3-9(6-11(8)13)12(15)14-10-4-5-18(16,17)7-10/h2-6,10H,7,13H2,1H3,(H,14,15). The second-order valence-corrected chi connectivity index (χ2v) is 6.24. The Bertz CT molecular complexity index is 620. The number of carbonyl (C=O) groups is 1. The summed E-state index contributed by atoms with van der Waals surface area (Å²) < 4.78 is 22.4. The molecule has 1 unspecified atom stereocenters. The number of nitrogen functional groups attached to an aromatic ring is 1. The topological polar surface area (TPSA) is 89.3 Å². The second kappa shape index (κ2) is 4.45. The number of hydrogen-bond donors (Lipinski definition) is 2. The van der Waals surface area contributed by atoms with Crippen molar-refractivity contribution in [3.63, 3.8) is 0 Å². The first kappa shape index (κ1) is 12.6. The van der Waals surface area contributed by atoms with Crippen LogP contribution in [0.2, 0.25) is 0 Å². The first-order valence-electron chi connectivity index (χ1n) is 5.45. The lowest BCUT2D eigenvalue weighted by Crippen LogP contribution is -2.35. The largest absolute Gasteiger partial charge is 0.398 e. The van der Waals surface area contributed by atoms with Gasteiger partial charge in [0.05, 0.1) is 11.8 Å². The first-order chi connectivity index (χ1) is 8.37. The molecule has 18 heavy (non-hydrogen) atoms. The summed E-state index contributed by atoms with van der Waals surface area (Å²) >= 11 is 0. The smallest absolute Gasteiger partial charge is 0.251 e. The monoisotopic (exact) mass is 266 g/mol. The summed E-state index contributed by atoms with van der Waals surface area (Å²) in [6.45, 7) is 1.85. The molecule has 1 aromatic rings. The van der Waals surface area contributed by atoms with Crippen LogP contribution in [0.4, 0.5) is 5.69 Å². The zero-order chi connectivity index (χ0) is 13.3. The normalized spacial score (nSPS) is 20.8. The van der Waals surface area contributed by atoms with Gasteiger partial charge in [-0.25, -0.2) is 8.42 Å². The maximum absolute atomic E-state index is 11.9. The summed E-state index contributed by atoms with van der Waals surface area (Å²) in [5, 5.41) is 3.76. The number of amides is 1. The van der Waals surface area contributed by atoms with E-state index in [2.05, 4.69) is 5.32 Å². The van der Waals surface area contributed by atoms with Crippen molar-refractivity contribution in [1.29, 1.82) is 0 Å². The number of anilines is 1. The number of carbonyl (C=O) groups excluding carboxylic acids is 1. The molecule has 1 amide bonds. The van der Waals surface area contributed by atoms with Gasteiger partial charge in [0.15, 0.2) is 9.84 Å². The van der Waals surface area contributed by atoms with E-state index in [4.69, 9.17) is 5.73 Å². The van der Waals surface area contributed by atoms with Crippen LogP contribution in [0.25, 0.3) is 0 Å². The van der Waals surface area contributed by atoms with Gasteiger partial charge in [-0.15, -0.1) is 0 Å². The molecule has 0 aliphatic carbocycles. The highest BCUT2D eigenvalue weighted by Crippen LogP contribution is 2.14. The van der Waals surface area contributed by atoms with Crippen molar-refractivity contribution in [2.45, 2.75) is 13.0 Å². The van der Waals surface area contributed by atoms with Gasteiger partial charge in [-0.3, -0.25) is 4.79 Å². The van der Waals surface area contributed by atoms with E-state index in [1.54, 1.807) is 18.2 Å². The highest BCUT2D eigenvalue weighted by molar-refractivity contribution is 7.94. The molecule has 0 spiro atoms. The molecule has 6 heteroatoms. The Morgan fingerprint density at radius 1 is 1.44 bits per heavy atom. The minimum Gasteiger partial charge on any atom is -0.398 e. The molecule has 96 valence electrons. The van der Waals surface area contributed by atoms with Crippen LogP contribution in [-0.2, 0) is 9.84 Å². The van der Waals surface area contributed by atoms with Gasteiger partial charge >= 0.3 is 0 Å². The molecule has 1 heterocycles. The van der Waals surface area contributed by atoms with Crippen LogP contribution in [0, 0.1) is 6.92 Å². The molecule has 0 fully saturated rings.